The minimum Gasteiger partial charge on any atom is -0.493 e. The van der Waals surface area contributed by atoms with E-state index in [1.807, 2.05) is 0 Å². The number of nitrogens with zero attached hydrogens (tertiary/aromatic N) is 1. The highest BCUT2D eigenvalue weighted by Crippen LogP contribution is 2.35. The van der Waals surface area contributed by atoms with Crippen molar-refractivity contribution in [2.45, 2.75) is 6.04 Å². The van der Waals surface area contributed by atoms with E-state index in [-0.39, 0.29) is 5.84 Å². The van der Waals surface area contributed by atoms with Crippen LogP contribution in [-0.2, 0) is 0 Å². The molecule has 0 aromatic heterocycles. The van der Waals surface area contributed by atoms with Gasteiger partial charge in [0.05, 0.1) is 14.2 Å². The van der Waals surface area contributed by atoms with Crippen molar-refractivity contribution in [2.24, 2.45) is 10.7 Å². The Bertz CT molecular complexity index is 485. The summed E-state index contributed by atoms with van der Waals surface area (Å²) in [6, 6.07) is 4.46. The molecule has 0 spiro atoms. The zero-order valence-corrected chi connectivity index (χ0v) is 9.56. The number of hydrogen-bond acceptors (Lipinski definition) is 4. The molecule has 0 bridgehead atoms. The van der Waals surface area contributed by atoms with Crippen LogP contribution >= 0.6 is 0 Å². The molecule has 1 aliphatic rings. The quantitative estimate of drug-likeness (QED) is 0.812. The van der Waals surface area contributed by atoms with E-state index in [1.165, 1.54) is 7.11 Å². The Balaban J connectivity index is 2.46. The van der Waals surface area contributed by atoms with Crippen molar-refractivity contribution < 1.29 is 14.3 Å². The third kappa shape index (κ3) is 1.89. The maximum Gasteiger partial charge on any atom is 0.343 e. The van der Waals surface area contributed by atoms with E-state index in [9.17, 15) is 4.79 Å². The van der Waals surface area contributed by atoms with Gasteiger partial charge in [0.2, 0.25) is 0 Å². The topological polar surface area (TPSA) is 85.9 Å². The smallest absolute Gasteiger partial charge is 0.343 e. The molecule has 0 saturated carbocycles. The molecule has 1 heterocycles. The SMILES string of the molecule is COc1cccc(C2NC(=O)N=C2N)c1OC. The van der Waals surface area contributed by atoms with Crippen molar-refractivity contribution in [3.63, 3.8) is 0 Å². The summed E-state index contributed by atoms with van der Waals surface area (Å²) in [5.74, 6) is 1.35. The number of methoxy groups -OCH3 is 2. The third-order valence-corrected chi connectivity index (χ3v) is 2.54. The van der Waals surface area contributed by atoms with Crippen LogP contribution in [0, 0.1) is 0 Å². The second-order valence-corrected chi connectivity index (χ2v) is 3.50. The number of benzene rings is 1. The maximum atomic E-state index is 11.1. The van der Waals surface area contributed by atoms with E-state index in [1.54, 1.807) is 25.3 Å². The van der Waals surface area contributed by atoms with Gasteiger partial charge < -0.3 is 20.5 Å². The predicted molar refractivity (Wildman–Crippen MR) is 62.4 cm³/mol. The minimum absolute atomic E-state index is 0.224. The molecule has 0 saturated heterocycles. The van der Waals surface area contributed by atoms with Crippen LogP contribution in [0.5, 0.6) is 11.5 Å². The van der Waals surface area contributed by atoms with Crippen molar-refractivity contribution in [1.29, 1.82) is 0 Å². The molecular weight excluding hydrogens is 222 g/mol. The Morgan fingerprint density at radius 3 is 2.65 bits per heavy atom. The number of nitrogens with two attached hydrogens (primary N) is 1. The lowest BCUT2D eigenvalue weighted by atomic mass is 10.0. The van der Waals surface area contributed by atoms with E-state index in [0.29, 0.717) is 11.5 Å². The molecule has 1 unspecified atom stereocenters. The Labute approximate surface area is 98.4 Å². The van der Waals surface area contributed by atoms with Gasteiger partial charge in [0.15, 0.2) is 11.5 Å². The summed E-state index contributed by atoms with van der Waals surface area (Å²) in [6.07, 6.45) is 0. The highest BCUT2D eigenvalue weighted by molar-refractivity contribution is 6.03. The van der Waals surface area contributed by atoms with Crippen molar-refractivity contribution in [3.05, 3.63) is 23.8 Å². The van der Waals surface area contributed by atoms with Gasteiger partial charge in [0, 0.05) is 5.56 Å². The number of carbonyl (C=O) groups excluding carboxylic acids is 1. The summed E-state index contributed by atoms with van der Waals surface area (Å²) in [4.78, 5) is 14.8. The first-order valence-electron chi connectivity index (χ1n) is 5.02. The highest BCUT2D eigenvalue weighted by atomic mass is 16.5. The molecule has 1 atom stereocenters. The number of amidine groups is 1. The van der Waals surface area contributed by atoms with E-state index >= 15 is 0 Å². The van der Waals surface area contributed by atoms with Gasteiger partial charge in [0.1, 0.15) is 11.9 Å². The molecule has 1 aromatic carbocycles. The number of nitrogens with one attached hydrogen (secondary N) is 1. The van der Waals surface area contributed by atoms with Crippen molar-refractivity contribution in [3.8, 4) is 11.5 Å². The van der Waals surface area contributed by atoms with Gasteiger partial charge in [0.25, 0.3) is 0 Å². The molecule has 3 N–H and O–H groups in total. The summed E-state index contributed by atoms with van der Waals surface area (Å²) in [5.41, 5.74) is 6.41. The van der Waals surface area contributed by atoms with Gasteiger partial charge in [-0.2, -0.15) is 4.99 Å². The fourth-order valence-electron chi connectivity index (χ4n) is 1.79. The summed E-state index contributed by atoms with van der Waals surface area (Å²) < 4.78 is 10.5. The molecule has 0 fully saturated rings. The summed E-state index contributed by atoms with van der Waals surface area (Å²) >= 11 is 0. The van der Waals surface area contributed by atoms with Gasteiger partial charge in [-0.1, -0.05) is 12.1 Å². The fourth-order valence-corrected chi connectivity index (χ4v) is 1.79. The second kappa shape index (κ2) is 4.32. The summed E-state index contributed by atoms with van der Waals surface area (Å²) in [5, 5.41) is 2.64. The van der Waals surface area contributed by atoms with Crippen molar-refractivity contribution >= 4 is 11.9 Å². The van der Waals surface area contributed by atoms with Crippen LogP contribution < -0.4 is 20.5 Å². The number of aliphatic imine (C=N–C) groups is 1. The zero-order chi connectivity index (χ0) is 12.4. The van der Waals surface area contributed by atoms with Gasteiger partial charge >= 0.3 is 6.03 Å². The number of ether oxygens (including phenoxy) is 2. The first-order chi connectivity index (χ1) is 8.17. The number of amides is 2. The fraction of sp³-hybridized carbons (Fsp3) is 0.273. The van der Waals surface area contributed by atoms with Crippen LogP contribution in [0.2, 0.25) is 0 Å². The van der Waals surface area contributed by atoms with Gasteiger partial charge in [-0.15, -0.1) is 0 Å². The van der Waals surface area contributed by atoms with E-state index in [0.717, 1.165) is 5.56 Å². The van der Waals surface area contributed by atoms with Crippen LogP contribution in [0.4, 0.5) is 4.79 Å². The normalized spacial score (nSPS) is 18.6. The van der Waals surface area contributed by atoms with Crippen LogP contribution in [0.3, 0.4) is 0 Å². The molecule has 0 aliphatic carbocycles. The predicted octanol–water partition coefficient (Wildman–Crippen LogP) is 0.825. The molecule has 0 radical (unpaired) electrons. The highest BCUT2D eigenvalue weighted by Gasteiger charge is 2.28. The Morgan fingerprint density at radius 2 is 2.12 bits per heavy atom. The van der Waals surface area contributed by atoms with Gasteiger partial charge in [-0.3, -0.25) is 0 Å². The van der Waals surface area contributed by atoms with Crippen molar-refractivity contribution in [1.82, 2.24) is 5.32 Å². The third-order valence-electron chi connectivity index (χ3n) is 2.54. The molecule has 6 nitrogen and oxygen atoms in total. The standard InChI is InChI=1S/C11H13N3O3/c1-16-7-5-3-4-6(9(7)17-2)8-10(12)14-11(15)13-8/h3-5,8H,1-2H3,(H3,12,13,14,15). The van der Waals surface area contributed by atoms with Gasteiger partial charge in [-0.05, 0) is 6.07 Å². The monoisotopic (exact) mass is 235 g/mol. The lowest BCUT2D eigenvalue weighted by molar-refractivity contribution is 0.250. The largest absolute Gasteiger partial charge is 0.493 e. The average Bonchev–Trinajstić information content (AvgIpc) is 2.67. The molecule has 2 rings (SSSR count). The second-order valence-electron chi connectivity index (χ2n) is 3.50. The van der Waals surface area contributed by atoms with Crippen LogP contribution in [0.25, 0.3) is 0 Å². The summed E-state index contributed by atoms with van der Waals surface area (Å²) in [7, 11) is 3.08. The molecule has 1 aromatic rings. The summed E-state index contributed by atoms with van der Waals surface area (Å²) in [6.45, 7) is 0. The lowest BCUT2D eigenvalue weighted by Gasteiger charge is -2.17. The van der Waals surface area contributed by atoms with Crippen LogP contribution in [0.1, 0.15) is 11.6 Å². The van der Waals surface area contributed by atoms with E-state index < -0.39 is 12.1 Å². The number of para-hydroxylation sites is 1. The van der Waals surface area contributed by atoms with Crippen LogP contribution in [-0.4, -0.2) is 26.1 Å². The Morgan fingerprint density at radius 1 is 1.35 bits per heavy atom. The Hall–Kier alpha value is -2.24. The molecular formula is C11H13N3O3. The molecule has 6 heteroatoms. The molecule has 2 amide bonds. The minimum atomic E-state index is -0.465. The van der Waals surface area contributed by atoms with Gasteiger partial charge in [-0.25, -0.2) is 4.79 Å². The zero-order valence-electron chi connectivity index (χ0n) is 9.56. The average molecular weight is 235 g/mol. The number of urea groups is 1. The number of carbonyl (C=O) groups is 1. The molecule has 90 valence electrons. The Kier molecular flexibility index (Phi) is 2.86. The van der Waals surface area contributed by atoms with E-state index in [4.69, 9.17) is 15.2 Å². The maximum absolute atomic E-state index is 11.1. The van der Waals surface area contributed by atoms with E-state index in [2.05, 4.69) is 10.3 Å². The number of hydrogen-bond donors (Lipinski definition) is 2. The first kappa shape index (κ1) is 11.3. The molecule has 1 aliphatic heterocycles. The van der Waals surface area contributed by atoms with Crippen LogP contribution in [0.15, 0.2) is 23.2 Å². The first-order valence-corrected chi connectivity index (χ1v) is 5.02. The van der Waals surface area contributed by atoms with Crippen molar-refractivity contribution in [2.75, 3.05) is 14.2 Å². The number of rotatable bonds is 3. The lowest BCUT2D eigenvalue weighted by Crippen LogP contribution is -2.28. The molecule has 17 heavy (non-hydrogen) atoms.